The second-order valence-electron chi connectivity index (χ2n) is 7.94. The lowest BCUT2D eigenvalue weighted by molar-refractivity contribution is 0.0473. The molecule has 1 aliphatic carbocycles. The van der Waals surface area contributed by atoms with Crippen molar-refractivity contribution in [1.29, 1.82) is 0 Å². The summed E-state index contributed by atoms with van der Waals surface area (Å²) in [6, 6.07) is 14.1. The summed E-state index contributed by atoms with van der Waals surface area (Å²) in [5.41, 5.74) is 1.46. The van der Waals surface area contributed by atoms with Crippen molar-refractivity contribution in [1.82, 2.24) is 4.98 Å². The zero-order chi connectivity index (χ0) is 19.6. The molecule has 2 aromatic carbocycles. The Labute approximate surface area is 170 Å². The van der Waals surface area contributed by atoms with Crippen molar-refractivity contribution in [2.24, 2.45) is 5.92 Å². The molecule has 1 aromatic heterocycles. The molecule has 1 saturated carbocycles. The van der Waals surface area contributed by atoms with Crippen LogP contribution in [0.15, 0.2) is 42.5 Å². The van der Waals surface area contributed by atoms with Crippen molar-refractivity contribution in [3.05, 3.63) is 48.0 Å². The van der Waals surface area contributed by atoms with E-state index in [9.17, 15) is 5.11 Å². The summed E-state index contributed by atoms with van der Waals surface area (Å²) >= 11 is 1.54. The number of fused-ring (bicyclic) bond motifs is 1. The molecule has 1 unspecified atom stereocenters. The summed E-state index contributed by atoms with van der Waals surface area (Å²) in [7, 11) is 0. The number of hydrogen-bond donors (Lipinski definition) is 1. The Balaban J connectivity index is 1.53. The molecule has 1 heterocycles. The van der Waals surface area contributed by atoms with Gasteiger partial charge in [-0.25, -0.2) is 4.98 Å². The van der Waals surface area contributed by atoms with Crippen molar-refractivity contribution in [2.75, 3.05) is 6.61 Å². The van der Waals surface area contributed by atoms with Gasteiger partial charge in [0.05, 0.1) is 22.4 Å². The number of para-hydroxylation sites is 1. The first kappa shape index (κ1) is 19.2. The molecule has 1 N–H and O–H groups in total. The summed E-state index contributed by atoms with van der Waals surface area (Å²) in [4.78, 5) is 4.57. The van der Waals surface area contributed by atoms with E-state index < -0.39 is 5.60 Å². The van der Waals surface area contributed by atoms with Gasteiger partial charge in [-0.2, -0.15) is 0 Å². The number of aliphatic hydroxyl groups is 1. The van der Waals surface area contributed by atoms with E-state index in [0.717, 1.165) is 47.4 Å². The minimum absolute atomic E-state index is 0.624. The third-order valence-corrected chi connectivity index (χ3v) is 6.28. The molecule has 0 saturated heterocycles. The second kappa shape index (κ2) is 8.10. The zero-order valence-electron chi connectivity index (χ0n) is 16.5. The number of aryl methyl sites for hydroxylation is 1. The van der Waals surface area contributed by atoms with Crippen LogP contribution in [0.4, 0.5) is 0 Å². The Kier molecular flexibility index (Phi) is 5.56. The normalized spacial score (nSPS) is 16.1. The molecule has 4 rings (SSSR count). The average Bonchev–Trinajstić information content (AvgIpc) is 3.43. The smallest absolute Gasteiger partial charge is 0.279 e. The molecule has 0 bridgehead atoms. The van der Waals surface area contributed by atoms with Crippen molar-refractivity contribution < 1.29 is 14.6 Å². The van der Waals surface area contributed by atoms with Crippen LogP contribution in [0, 0.1) is 5.92 Å². The van der Waals surface area contributed by atoms with Gasteiger partial charge in [0.25, 0.3) is 5.19 Å². The highest BCUT2D eigenvalue weighted by Gasteiger charge is 2.23. The Morgan fingerprint density at radius 2 is 2.00 bits per heavy atom. The lowest BCUT2D eigenvalue weighted by Crippen LogP contribution is -2.23. The standard InChI is InChI=1S/C23H27NO3S/c1-3-23(2,25)13-12-16-10-11-19(20(14-16)26-15-17-8-9-17)27-22-24-18-6-4-5-7-21(18)28-22/h4-7,10-11,14,17,25H,3,8-9,12-13,15H2,1-2H3. The summed E-state index contributed by atoms with van der Waals surface area (Å²) in [5, 5.41) is 10.9. The van der Waals surface area contributed by atoms with Crippen molar-refractivity contribution >= 4 is 21.6 Å². The van der Waals surface area contributed by atoms with Crippen LogP contribution in [0.5, 0.6) is 16.7 Å². The van der Waals surface area contributed by atoms with Gasteiger partial charge in [0, 0.05) is 0 Å². The summed E-state index contributed by atoms with van der Waals surface area (Å²) < 4.78 is 13.3. The quantitative estimate of drug-likeness (QED) is 0.483. The number of rotatable bonds is 9. The summed E-state index contributed by atoms with van der Waals surface area (Å²) in [6.07, 6.45) is 4.77. The number of hydrogen-bond acceptors (Lipinski definition) is 5. The lowest BCUT2D eigenvalue weighted by atomic mass is 9.94. The predicted octanol–water partition coefficient (Wildman–Crippen LogP) is 5.97. The summed E-state index contributed by atoms with van der Waals surface area (Å²) in [5.74, 6) is 2.13. The fourth-order valence-corrected chi connectivity index (χ4v) is 3.80. The molecule has 4 nitrogen and oxygen atoms in total. The van der Waals surface area contributed by atoms with Gasteiger partial charge in [-0.05, 0) is 74.8 Å². The monoisotopic (exact) mass is 397 g/mol. The van der Waals surface area contributed by atoms with Crippen LogP contribution < -0.4 is 9.47 Å². The molecule has 3 aromatic rings. The van der Waals surface area contributed by atoms with E-state index in [1.165, 1.54) is 24.2 Å². The van der Waals surface area contributed by atoms with Gasteiger partial charge in [0.15, 0.2) is 11.5 Å². The molecule has 1 atom stereocenters. The topological polar surface area (TPSA) is 51.6 Å². The van der Waals surface area contributed by atoms with Gasteiger partial charge in [-0.1, -0.05) is 36.5 Å². The van der Waals surface area contributed by atoms with Crippen molar-refractivity contribution in [3.8, 4) is 16.7 Å². The molecule has 0 aliphatic heterocycles. The molecular formula is C23H27NO3S. The second-order valence-corrected chi connectivity index (χ2v) is 8.93. The van der Waals surface area contributed by atoms with Gasteiger partial charge >= 0.3 is 0 Å². The first-order chi connectivity index (χ1) is 13.5. The van der Waals surface area contributed by atoms with E-state index in [2.05, 4.69) is 17.1 Å². The number of ether oxygens (including phenoxy) is 2. The maximum Gasteiger partial charge on any atom is 0.279 e. The zero-order valence-corrected chi connectivity index (χ0v) is 17.3. The first-order valence-electron chi connectivity index (χ1n) is 10.0. The molecule has 1 aliphatic rings. The van der Waals surface area contributed by atoms with Crippen molar-refractivity contribution in [3.63, 3.8) is 0 Å². The SMILES string of the molecule is CCC(C)(O)CCc1ccc(Oc2nc3ccccc3s2)c(OCC2CC2)c1. The van der Waals surface area contributed by atoms with Gasteiger partial charge in [0.2, 0.25) is 0 Å². The first-order valence-corrected chi connectivity index (χ1v) is 10.9. The molecular weight excluding hydrogens is 370 g/mol. The van der Waals surface area contributed by atoms with Gasteiger partial charge < -0.3 is 14.6 Å². The number of thiazole rings is 1. The Morgan fingerprint density at radius 1 is 1.18 bits per heavy atom. The average molecular weight is 398 g/mol. The van der Waals surface area contributed by atoms with E-state index in [0.29, 0.717) is 16.9 Å². The minimum Gasteiger partial charge on any atom is -0.489 e. The van der Waals surface area contributed by atoms with Crippen molar-refractivity contribution in [2.45, 2.75) is 51.6 Å². The maximum atomic E-state index is 10.3. The summed E-state index contributed by atoms with van der Waals surface area (Å²) in [6.45, 7) is 4.63. The maximum absolute atomic E-state index is 10.3. The number of nitrogens with zero attached hydrogens (tertiary/aromatic N) is 1. The van der Waals surface area contributed by atoms with E-state index >= 15 is 0 Å². The Bertz CT molecular complexity index is 913. The van der Waals surface area contributed by atoms with Crippen LogP contribution in [-0.4, -0.2) is 22.3 Å². The van der Waals surface area contributed by atoms with E-state index in [1.807, 2.05) is 44.2 Å². The highest BCUT2D eigenvalue weighted by atomic mass is 32.1. The molecule has 0 spiro atoms. The molecule has 5 heteroatoms. The third kappa shape index (κ3) is 4.83. The van der Waals surface area contributed by atoms with Crippen LogP contribution in [0.3, 0.4) is 0 Å². The van der Waals surface area contributed by atoms with Gasteiger partial charge in [0.1, 0.15) is 0 Å². The largest absolute Gasteiger partial charge is 0.489 e. The Hall–Kier alpha value is -2.11. The van der Waals surface area contributed by atoms with Crippen LogP contribution in [0.25, 0.3) is 10.2 Å². The predicted molar refractivity (Wildman–Crippen MR) is 114 cm³/mol. The van der Waals surface area contributed by atoms with Crippen LogP contribution in [0.2, 0.25) is 0 Å². The molecule has 148 valence electrons. The fourth-order valence-electron chi connectivity index (χ4n) is 2.98. The Morgan fingerprint density at radius 3 is 2.75 bits per heavy atom. The van der Waals surface area contributed by atoms with Crippen LogP contribution in [0.1, 0.15) is 45.1 Å². The minimum atomic E-state index is -0.634. The van der Waals surface area contributed by atoms with Gasteiger partial charge in [-0.3, -0.25) is 0 Å². The highest BCUT2D eigenvalue weighted by Crippen LogP contribution is 2.38. The van der Waals surface area contributed by atoms with Crippen LogP contribution >= 0.6 is 11.3 Å². The highest BCUT2D eigenvalue weighted by molar-refractivity contribution is 7.20. The molecule has 0 amide bonds. The van der Waals surface area contributed by atoms with E-state index in [-0.39, 0.29) is 0 Å². The molecule has 0 radical (unpaired) electrons. The molecule has 28 heavy (non-hydrogen) atoms. The van der Waals surface area contributed by atoms with Crippen LogP contribution in [-0.2, 0) is 6.42 Å². The number of benzene rings is 2. The number of aromatic nitrogens is 1. The van der Waals surface area contributed by atoms with E-state index in [4.69, 9.17) is 9.47 Å². The lowest BCUT2D eigenvalue weighted by Gasteiger charge is -2.21. The fraction of sp³-hybridized carbons (Fsp3) is 0.435. The van der Waals surface area contributed by atoms with Gasteiger partial charge in [-0.15, -0.1) is 0 Å². The third-order valence-electron chi connectivity index (χ3n) is 5.37. The molecule has 1 fully saturated rings. The van der Waals surface area contributed by atoms with E-state index in [1.54, 1.807) is 0 Å².